The highest BCUT2D eigenvalue weighted by atomic mass is 32.1. The van der Waals surface area contributed by atoms with Crippen molar-refractivity contribution in [2.45, 2.75) is 24.9 Å². The van der Waals surface area contributed by atoms with Gasteiger partial charge in [-0.25, -0.2) is 4.98 Å². The molecule has 1 unspecified atom stereocenters. The summed E-state index contributed by atoms with van der Waals surface area (Å²) in [6, 6.07) is 0. The minimum atomic E-state index is -0.735. The number of hydrogen-bond acceptors (Lipinski definition) is 6. The Morgan fingerprint density at radius 1 is 1.41 bits per heavy atom. The minimum absolute atomic E-state index is 0.0562. The Morgan fingerprint density at radius 2 is 2.27 bits per heavy atom. The fourth-order valence-electron chi connectivity index (χ4n) is 3.12. The Labute approximate surface area is 133 Å². The average Bonchev–Trinajstić information content (AvgIpc) is 3.18. The molecular weight excluding hydrogens is 298 g/mol. The maximum absolute atomic E-state index is 13.0. The number of likely N-dealkylation sites (N-methyl/N-ethyl adjacent to an activating group) is 1. The Hall–Kier alpha value is -1.86. The lowest BCUT2D eigenvalue weighted by atomic mass is 9.90. The van der Waals surface area contributed by atoms with Gasteiger partial charge in [-0.05, 0) is 12.8 Å². The molecule has 1 atom stereocenters. The van der Waals surface area contributed by atoms with Gasteiger partial charge in [0.15, 0.2) is 0 Å². The zero-order valence-corrected chi connectivity index (χ0v) is 13.6. The first kappa shape index (κ1) is 15.1. The molecule has 0 N–H and O–H groups in total. The number of rotatable bonds is 4. The van der Waals surface area contributed by atoms with Crippen LogP contribution in [0, 0.1) is 0 Å². The van der Waals surface area contributed by atoms with Crippen LogP contribution < -0.4 is 0 Å². The average molecular weight is 317 g/mol. The summed E-state index contributed by atoms with van der Waals surface area (Å²) >= 11 is 1.57. The molecule has 2 aromatic rings. The third-order valence-corrected chi connectivity index (χ3v) is 4.72. The first-order chi connectivity index (χ1) is 10.6. The standard InChI is InChI=1S/C15H19N5OS/c1-19(2)14(21)15(13-8-16-5-6-17-13)4-3-7-20(15)9-12-10-22-11-18-12/h5-6,8,10-11H,3-4,7,9H2,1-2H3. The van der Waals surface area contributed by atoms with Crippen molar-refractivity contribution >= 4 is 17.2 Å². The van der Waals surface area contributed by atoms with Crippen molar-refractivity contribution in [1.82, 2.24) is 24.8 Å². The molecule has 3 rings (SSSR count). The fourth-order valence-corrected chi connectivity index (χ4v) is 3.67. The van der Waals surface area contributed by atoms with Gasteiger partial charge in [0.25, 0.3) is 0 Å². The molecule has 22 heavy (non-hydrogen) atoms. The maximum Gasteiger partial charge on any atom is 0.248 e. The summed E-state index contributed by atoms with van der Waals surface area (Å²) in [5.74, 6) is 0.0562. The van der Waals surface area contributed by atoms with Crippen molar-refractivity contribution in [3.05, 3.63) is 40.9 Å². The first-order valence-corrected chi connectivity index (χ1v) is 8.19. The van der Waals surface area contributed by atoms with Gasteiger partial charge in [-0.2, -0.15) is 0 Å². The Bertz CT molecular complexity index is 631. The predicted molar refractivity (Wildman–Crippen MR) is 84.2 cm³/mol. The van der Waals surface area contributed by atoms with Crippen molar-refractivity contribution < 1.29 is 4.79 Å². The molecule has 116 valence electrons. The van der Waals surface area contributed by atoms with Crippen LogP contribution in [0.3, 0.4) is 0 Å². The van der Waals surface area contributed by atoms with Crippen molar-refractivity contribution in [3.63, 3.8) is 0 Å². The largest absolute Gasteiger partial charge is 0.347 e. The molecule has 0 aliphatic carbocycles. The quantitative estimate of drug-likeness (QED) is 0.855. The molecule has 0 saturated carbocycles. The van der Waals surface area contributed by atoms with Crippen LogP contribution in [0.4, 0.5) is 0 Å². The van der Waals surface area contributed by atoms with Gasteiger partial charge in [-0.15, -0.1) is 11.3 Å². The van der Waals surface area contributed by atoms with Crippen molar-refractivity contribution in [3.8, 4) is 0 Å². The molecule has 0 spiro atoms. The maximum atomic E-state index is 13.0. The zero-order valence-electron chi connectivity index (χ0n) is 12.8. The van der Waals surface area contributed by atoms with Crippen LogP contribution in [0.2, 0.25) is 0 Å². The highest BCUT2D eigenvalue weighted by Crippen LogP contribution is 2.40. The topological polar surface area (TPSA) is 62.2 Å². The van der Waals surface area contributed by atoms with Crippen molar-refractivity contribution in [2.24, 2.45) is 0 Å². The Balaban J connectivity index is 2.02. The number of aromatic nitrogens is 3. The molecular formula is C15H19N5OS. The smallest absolute Gasteiger partial charge is 0.248 e. The van der Waals surface area contributed by atoms with Gasteiger partial charge in [0, 0.05) is 45.0 Å². The summed E-state index contributed by atoms with van der Waals surface area (Å²) < 4.78 is 0. The van der Waals surface area contributed by atoms with Crippen LogP contribution in [0.1, 0.15) is 24.2 Å². The molecule has 1 amide bonds. The number of carbonyl (C=O) groups excluding carboxylic acids is 1. The van der Waals surface area contributed by atoms with Crippen LogP contribution in [-0.2, 0) is 16.9 Å². The van der Waals surface area contributed by atoms with E-state index in [0.29, 0.717) is 6.54 Å². The van der Waals surface area contributed by atoms with Crippen molar-refractivity contribution in [1.29, 1.82) is 0 Å². The molecule has 0 radical (unpaired) electrons. The van der Waals surface area contributed by atoms with Gasteiger partial charge < -0.3 is 4.90 Å². The molecule has 0 bridgehead atoms. The van der Waals surface area contributed by atoms with E-state index < -0.39 is 5.54 Å². The monoisotopic (exact) mass is 317 g/mol. The van der Waals surface area contributed by atoms with E-state index in [4.69, 9.17) is 0 Å². The lowest BCUT2D eigenvalue weighted by molar-refractivity contribution is -0.141. The summed E-state index contributed by atoms with van der Waals surface area (Å²) in [7, 11) is 3.58. The normalized spacial score (nSPS) is 21.9. The van der Waals surface area contributed by atoms with Crippen molar-refractivity contribution in [2.75, 3.05) is 20.6 Å². The number of nitrogens with zero attached hydrogens (tertiary/aromatic N) is 5. The summed E-state index contributed by atoms with van der Waals surface area (Å²) in [6.45, 7) is 1.51. The second-order valence-corrected chi connectivity index (χ2v) is 6.37. The molecule has 6 nitrogen and oxygen atoms in total. The van der Waals surface area contributed by atoms with E-state index in [2.05, 4.69) is 19.9 Å². The third-order valence-electron chi connectivity index (χ3n) is 4.09. The van der Waals surface area contributed by atoms with Crippen LogP contribution in [0.5, 0.6) is 0 Å². The van der Waals surface area contributed by atoms with E-state index in [9.17, 15) is 4.79 Å². The number of likely N-dealkylation sites (tertiary alicyclic amines) is 1. The molecule has 2 aromatic heterocycles. The van der Waals surface area contributed by atoms with Crippen LogP contribution >= 0.6 is 11.3 Å². The molecule has 1 saturated heterocycles. The third kappa shape index (κ3) is 2.50. The SMILES string of the molecule is CN(C)C(=O)C1(c2cnccn2)CCCN1Cc1cscn1. The number of thiazole rings is 1. The van der Waals surface area contributed by atoms with Gasteiger partial charge >= 0.3 is 0 Å². The van der Waals surface area contributed by atoms with Gasteiger partial charge in [0.05, 0.1) is 23.1 Å². The lowest BCUT2D eigenvalue weighted by Crippen LogP contribution is -2.52. The van der Waals surface area contributed by atoms with Crippen LogP contribution in [0.15, 0.2) is 29.5 Å². The Morgan fingerprint density at radius 3 is 2.91 bits per heavy atom. The number of amides is 1. The summed E-state index contributed by atoms with van der Waals surface area (Å²) in [5, 5.41) is 2.03. The molecule has 1 aliphatic rings. The van der Waals surface area contributed by atoms with E-state index in [1.54, 1.807) is 48.9 Å². The summed E-state index contributed by atoms with van der Waals surface area (Å²) in [4.78, 5) is 29.8. The molecule has 1 aliphatic heterocycles. The predicted octanol–water partition coefficient (Wildman–Crippen LogP) is 1.51. The molecule has 7 heteroatoms. The summed E-state index contributed by atoms with van der Waals surface area (Å²) in [6.07, 6.45) is 6.71. The molecule has 1 fully saturated rings. The van der Waals surface area contributed by atoms with Gasteiger partial charge in [0.2, 0.25) is 5.91 Å². The van der Waals surface area contributed by atoms with Gasteiger partial charge in [0.1, 0.15) is 5.54 Å². The van der Waals surface area contributed by atoms with E-state index in [-0.39, 0.29) is 5.91 Å². The Kier molecular flexibility index (Phi) is 4.17. The van der Waals surface area contributed by atoms with Crippen LogP contribution in [0.25, 0.3) is 0 Å². The highest BCUT2D eigenvalue weighted by Gasteiger charge is 2.51. The second-order valence-electron chi connectivity index (χ2n) is 5.66. The lowest BCUT2D eigenvalue weighted by Gasteiger charge is -2.37. The van der Waals surface area contributed by atoms with Gasteiger partial charge in [-0.3, -0.25) is 19.7 Å². The molecule has 3 heterocycles. The van der Waals surface area contributed by atoms with E-state index >= 15 is 0 Å². The van der Waals surface area contributed by atoms with E-state index in [1.165, 1.54) is 0 Å². The fraction of sp³-hybridized carbons (Fsp3) is 0.467. The van der Waals surface area contributed by atoms with E-state index in [0.717, 1.165) is 30.8 Å². The summed E-state index contributed by atoms with van der Waals surface area (Å²) in [5.41, 5.74) is 2.80. The first-order valence-electron chi connectivity index (χ1n) is 7.25. The molecule has 0 aromatic carbocycles. The minimum Gasteiger partial charge on any atom is -0.347 e. The zero-order chi connectivity index (χ0) is 15.6. The highest BCUT2D eigenvalue weighted by molar-refractivity contribution is 7.07. The van der Waals surface area contributed by atoms with Crippen LogP contribution in [-0.4, -0.2) is 51.3 Å². The van der Waals surface area contributed by atoms with Gasteiger partial charge in [-0.1, -0.05) is 0 Å². The number of hydrogen-bond donors (Lipinski definition) is 0. The second kappa shape index (κ2) is 6.10. The van der Waals surface area contributed by atoms with E-state index in [1.807, 2.05) is 10.9 Å². The number of carbonyl (C=O) groups is 1.